The summed E-state index contributed by atoms with van der Waals surface area (Å²) in [6.45, 7) is 1.96. The summed E-state index contributed by atoms with van der Waals surface area (Å²) in [5.41, 5.74) is 0.812. The number of hydrogen-bond donors (Lipinski definition) is 1. The van der Waals surface area contributed by atoms with Gasteiger partial charge in [-0.3, -0.25) is 0 Å². The van der Waals surface area contributed by atoms with Crippen molar-refractivity contribution in [1.82, 2.24) is 9.97 Å². The molecule has 0 fully saturated rings. The molecule has 0 unspecified atom stereocenters. The molecule has 0 saturated heterocycles. The molecule has 4 nitrogen and oxygen atoms in total. The topological polar surface area (TPSA) is 47.0 Å². The van der Waals surface area contributed by atoms with Crippen molar-refractivity contribution in [3.63, 3.8) is 0 Å². The van der Waals surface area contributed by atoms with Crippen molar-refractivity contribution in [2.24, 2.45) is 0 Å². The van der Waals surface area contributed by atoms with Gasteiger partial charge in [0.1, 0.15) is 12.1 Å². The molecule has 1 aromatic carbocycles. The zero-order chi connectivity index (χ0) is 13.8. The highest BCUT2D eigenvalue weighted by Gasteiger charge is 2.13. The van der Waals surface area contributed by atoms with Crippen LogP contribution >= 0.6 is 15.9 Å². The molecule has 0 amide bonds. The van der Waals surface area contributed by atoms with Crippen molar-refractivity contribution in [3.05, 3.63) is 40.4 Å². The molecule has 2 rings (SSSR count). The normalized spacial score (nSPS) is 10.3. The molecule has 0 radical (unpaired) electrons. The highest BCUT2D eigenvalue weighted by Crippen LogP contribution is 2.30. The largest absolute Gasteiger partial charge is 0.435 e. The minimum Gasteiger partial charge on any atom is -0.435 e. The molecular formula is C13H13BrFN3O. The Morgan fingerprint density at radius 3 is 2.79 bits per heavy atom. The second kappa shape index (κ2) is 5.97. The number of nitrogens with one attached hydrogen (secondary N) is 1. The standard InChI is InChI=1S/C13H13BrFN3O/c1-3-9-12(16-2)17-7-18-13(9)19-11-5-4-8(14)6-10(11)15/h4-7H,3H2,1-2H3,(H,16,17,18). The van der Waals surface area contributed by atoms with Crippen molar-refractivity contribution in [1.29, 1.82) is 0 Å². The smallest absolute Gasteiger partial charge is 0.227 e. The van der Waals surface area contributed by atoms with Gasteiger partial charge >= 0.3 is 0 Å². The van der Waals surface area contributed by atoms with E-state index in [4.69, 9.17) is 4.74 Å². The van der Waals surface area contributed by atoms with Crippen molar-refractivity contribution in [2.75, 3.05) is 12.4 Å². The maximum absolute atomic E-state index is 13.7. The Morgan fingerprint density at radius 1 is 1.37 bits per heavy atom. The van der Waals surface area contributed by atoms with Gasteiger partial charge in [-0.1, -0.05) is 22.9 Å². The molecule has 0 saturated carbocycles. The average molecular weight is 326 g/mol. The Morgan fingerprint density at radius 2 is 2.16 bits per heavy atom. The zero-order valence-corrected chi connectivity index (χ0v) is 12.2. The van der Waals surface area contributed by atoms with Gasteiger partial charge in [0.25, 0.3) is 0 Å². The van der Waals surface area contributed by atoms with Crippen LogP contribution < -0.4 is 10.1 Å². The van der Waals surface area contributed by atoms with Gasteiger partial charge in [-0.05, 0) is 24.6 Å². The van der Waals surface area contributed by atoms with Crippen LogP contribution in [-0.2, 0) is 6.42 Å². The number of rotatable bonds is 4. The van der Waals surface area contributed by atoms with E-state index in [1.54, 1.807) is 19.2 Å². The molecular weight excluding hydrogens is 313 g/mol. The fourth-order valence-corrected chi connectivity index (χ4v) is 2.01. The fraction of sp³-hybridized carbons (Fsp3) is 0.231. The first kappa shape index (κ1) is 13.7. The van der Waals surface area contributed by atoms with E-state index in [0.717, 1.165) is 5.56 Å². The third kappa shape index (κ3) is 3.01. The highest BCUT2D eigenvalue weighted by molar-refractivity contribution is 9.10. The van der Waals surface area contributed by atoms with E-state index in [2.05, 4.69) is 31.2 Å². The second-order valence-electron chi connectivity index (χ2n) is 3.79. The number of ether oxygens (including phenoxy) is 1. The Bertz CT molecular complexity index is 592. The number of aromatic nitrogens is 2. The van der Waals surface area contributed by atoms with Gasteiger partial charge in [0.05, 0.1) is 5.56 Å². The summed E-state index contributed by atoms with van der Waals surface area (Å²) in [6.07, 6.45) is 2.07. The SMILES string of the molecule is CCc1c(NC)ncnc1Oc1ccc(Br)cc1F. The molecule has 19 heavy (non-hydrogen) atoms. The lowest BCUT2D eigenvalue weighted by Crippen LogP contribution is -2.02. The monoisotopic (exact) mass is 325 g/mol. The molecule has 6 heteroatoms. The average Bonchev–Trinajstić information content (AvgIpc) is 2.41. The minimum absolute atomic E-state index is 0.138. The maximum atomic E-state index is 13.7. The van der Waals surface area contributed by atoms with Gasteiger partial charge < -0.3 is 10.1 Å². The van der Waals surface area contributed by atoms with Gasteiger partial charge in [0.2, 0.25) is 5.88 Å². The second-order valence-corrected chi connectivity index (χ2v) is 4.70. The lowest BCUT2D eigenvalue weighted by Gasteiger charge is -2.12. The fourth-order valence-electron chi connectivity index (χ4n) is 1.68. The Balaban J connectivity index is 2.37. The van der Waals surface area contributed by atoms with Crippen molar-refractivity contribution in [2.45, 2.75) is 13.3 Å². The minimum atomic E-state index is -0.443. The van der Waals surface area contributed by atoms with Gasteiger partial charge in [0, 0.05) is 11.5 Å². The highest BCUT2D eigenvalue weighted by atomic mass is 79.9. The number of anilines is 1. The molecule has 0 bridgehead atoms. The van der Waals surface area contributed by atoms with Crippen LogP contribution in [0, 0.1) is 5.82 Å². The van der Waals surface area contributed by atoms with Gasteiger partial charge in [-0.2, -0.15) is 0 Å². The number of benzene rings is 1. The van der Waals surface area contributed by atoms with Crippen LogP contribution in [0.2, 0.25) is 0 Å². The van der Waals surface area contributed by atoms with Crippen LogP contribution in [0.1, 0.15) is 12.5 Å². The van der Waals surface area contributed by atoms with Gasteiger partial charge in [-0.25, -0.2) is 14.4 Å². The molecule has 2 aromatic rings. The Kier molecular flexibility index (Phi) is 4.31. The van der Waals surface area contributed by atoms with Crippen LogP contribution in [0.15, 0.2) is 29.0 Å². The Labute approximate surface area is 119 Å². The number of nitrogens with zero attached hydrogens (tertiary/aromatic N) is 2. The first-order chi connectivity index (χ1) is 9.15. The van der Waals surface area contributed by atoms with Crippen molar-refractivity contribution >= 4 is 21.7 Å². The van der Waals surface area contributed by atoms with E-state index >= 15 is 0 Å². The van der Waals surface area contributed by atoms with Crippen molar-refractivity contribution in [3.8, 4) is 11.6 Å². The van der Waals surface area contributed by atoms with E-state index in [0.29, 0.717) is 22.6 Å². The summed E-state index contributed by atoms with van der Waals surface area (Å²) in [6, 6.07) is 4.62. The van der Waals surface area contributed by atoms with Gasteiger partial charge in [-0.15, -0.1) is 0 Å². The first-order valence-electron chi connectivity index (χ1n) is 5.80. The predicted molar refractivity (Wildman–Crippen MR) is 75.1 cm³/mol. The van der Waals surface area contributed by atoms with E-state index in [9.17, 15) is 4.39 Å². The van der Waals surface area contributed by atoms with E-state index in [-0.39, 0.29) is 5.75 Å². The van der Waals surface area contributed by atoms with E-state index in [1.807, 2.05) is 6.92 Å². The number of halogens is 2. The first-order valence-corrected chi connectivity index (χ1v) is 6.59. The van der Waals surface area contributed by atoms with Gasteiger partial charge in [0.15, 0.2) is 11.6 Å². The van der Waals surface area contributed by atoms with Crippen LogP contribution in [0.4, 0.5) is 10.2 Å². The quantitative estimate of drug-likeness (QED) is 0.929. The maximum Gasteiger partial charge on any atom is 0.227 e. The summed E-state index contributed by atoms with van der Waals surface area (Å²) in [5, 5.41) is 2.96. The lowest BCUT2D eigenvalue weighted by atomic mass is 10.2. The summed E-state index contributed by atoms with van der Waals surface area (Å²) >= 11 is 3.20. The zero-order valence-electron chi connectivity index (χ0n) is 10.6. The molecule has 1 heterocycles. The third-order valence-corrected chi connectivity index (χ3v) is 3.09. The molecule has 0 aliphatic rings. The molecule has 0 aliphatic carbocycles. The lowest BCUT2D eigenvalue weighted by molar-refractivity contribution is 0.422. The molecule has 1 aromatic heterocycles. The molecule has 0 aliphatic heterocycles. The molecule has 100 valence electrons. The van der Waals surface area contributed by atoms with Crippen LogP contribution in [0.5, 0.6) is 11.6 Å². The van der Waals surface area contributed by atoms with E-state index < -0.39 is 5.82 Å². The predicted octanol–water partition coefficient (Wildman–Crippen LogP) is 3.77. The molecule has 0 atom stereocenters. The third-order valence-electron chi connectivity index (χ3n) is 2.60. The summed E-state index contributed by atoms with van der Waals surface area (Å²) in [7, 11) is 1.77. The van der Waals surface area contributed by atoms with Crippen LogP contribution in [-0.4, -0.2) is 17.0 Å². The number of hydrogen-bond acceptors (Lipinski definition) is 4. The molecule has 1 N–H and O–H groups in total. The molecule has 0 spiro atoms. The summed E-state index contributed by atoms with van der Waals surface area (Å²) < 4.78 is 19.9. The Hall–Kier alpha value is -1.69. The van der Waals surface area contributed by atoms with Crippen molar-refractivity contribution < 1.29 is 9.13 Å². The van der Waals surface area contributed by atoms with Crippen LogP contribution in [0.3, 0.4) is 0 Å². The summed E-state index contributed by atoms with van der Waals surface area (Å²) in [4.78, 5) is 8.17. The van der Waals surface area contributed by atoms with E-state index in [1.165, 1.54) is 12.4 Å². The van der Waals surface area contributed by atoms with Crippen LogP contribution in [0.25, 0.3) is 0 Å². The summed E-state index contributed by atoms with van der Waals surface area (Å²) in [5.74, 6) is 0.743.